The summed E-state index contributed by atoms with van der Waals surface area (Å²) in [5.41, 5.74) is 3.35. The molecule has 0 spiro atoms. The van der Waals surface area contributed by atoms with Crippen LogP contribution in [0.1, 0.15) is 36.1 Å². The van der Waals surface area contributed by atoms with Gasteiger partial charge in [0.15, 0.2) is 0 Å². The second-order valence-electron chi connectivity index (χ2n) is 7.62. The number of hydrogen-bond acceptors (Lipinski definition) is 6. The molecule has 0 atom stereocenters. The third-order valence-electron chi connectivity index (χ3n) is 5.62. The van der Waals surface area contributed by atoms with E-state index in [-0.39, 0.29) is 11.9 Å². The molecule has 29 heavy (non-hydrogen) atoms. The van der Waals surface area contributed by atoms with Gasteiger partial charge in [-0.3, -0.25) is 4.79 Å². The van der Waals surface area contributed by atoms with Crippen molar-refractivity contribution >= 4 is 11.9 Å². The SMILES string of the molecule is COc1ccc(CCC(=O)NC2CCN(c3ncc4c(n3)CCOC4)CC2)cc1. The maximum Gasteiger partial charge on any atom is 0.225 e. The smallest absolute Gasteiger partial charge is 0.225 e. The fourth-order valence-corrected chi connectivity index (χ4v) is 3.85. The molecule has 154 valence electrons. The largest absolute Gasteiger partial charge is 0.497 e. The number of nitrogens with zero attached hydrogens (tertiary/aromatic N) is 3. The number of carbonyl (C=O) groups is 1. The van der Waals surface area contributed by atoms with E-state index >= 15 is 0 Å². The predicted molar refractivity (Wildman–Crippen MR) is 110 cm³/mol. The van der Waals surface area contributed by atoms with E-state index in [2.05, 4.69) is 15.2 Å². The van der Waals surface area contributed by atoms with Gasteiger partial charge in [-0.2, -0.15) is 0 Å². The van der Waals surface area contributed by atoms with E-state index in [1.165, 1.54) is 0 Å². The van der Waals surface area contributed by atoms with Crippen molar-refractivity contribution in [3.05, 3.63) is 47.3 Å². The summed E-state index contributed by atoms with van der Waals surface area (Å²) >= 11 is 0. The van der Waals surface area contributed by atoms with Crippen molar-refractivity contribution in [3.63, 3.8) is 0 Å². The molecule has 4 rings (SSSR count). The third kappa shape index (κ3) is 5.03. The number of methoxy groups -OCH3 is 1. The molecule has 2 aromatic rings. The number of anilines is 1. The minimum atomic E-state index is 0.115. The first-order valence-electron chi connectivity index (χ1n) is 10.3. The zero-order valence-electron chi connectivity index (χ0n) is 16.9. The van der Waals surface area contributed by atoms with E-state index in [0.29, 0.717) is 13.0 Å². The molecule has 1 aromatic carbocycles. The lowest BCUT2D eigenvalue weighted by atomic mass is 10.0. The maximum absolute atomic E-state index is 12.3. The Morgan fingerprint density at radius 3 is 2.83 bits per heavy atom. The summed E-state index contributed by atoms with van der Waals surface area (Å²) in [6.07, 6.45) is 5.81. The van der Waals surface area contributed by atoms with Crippen molar-refractivity contribution in [1.82, 2.24) is 15.3 Å². The van der Waals surface area contributed by atoms with Crippen LogP contribution >= 0.6 is 0 Å². The summed E-state index contributed by atoms with van der Waals surface area (Å²) in [5, 5.41) is 3.19. The molecular weight excluding hydrogens is 368 g/mol. The van der Waals surface area contributed by atoms with E-state index < -0.39 is 0 Å². The van der Waals surface area contributed by atoms with Crippen LogP contribution in [0, 0.1) is 0 Å². The zero-order chi connectivity index (χ0) is 20.1. The average Bonchev–Trinajstić information content (AvgIpc) is 2.78. The van der Waals surface area contributed by atoms with Gasteiger partial charge in [0.25, 0.3) is 0 Å². The number of aromatic nitrogens is 2. The van der Waals surface area contributed by atoms with Gasteiger partial charge in [0, 0.05) is 43.7 Å². The number of rotatable bonds is 6. The standard InChI is InChI=1S/C22H28N4O3/c1-28-19-5-2-16(3-6-19)4-7-21(27)24-18-8-11-26(12-9-18)22-23-14-17-15-29-13-10-20(17)25-22/h2-3,5-6,14,18H,4,7-13,15H2,1H3,(H,24,27). The van der Waals surface area contributed by atoms with Crippen molar-refractivity contribution in [3.8, 4) is 5.75 Å². The van der Waals surface area contributed by atoms with Gasteiger partial charge in [0.2, 0.25) is 11.9 Å². The summed E-state index contributed by atoms with van der Waals surface area (Å²) < 4.78 is 10.6. The molecule has 3 heterocycles. The van der Waals surface area contributed by atoms with Crippen molar-refractivity contribution in [2.45, 2.75) is 44.8 Å². The molecule has 2 aliphatic rings. The number of piperidine rings is 1. The number of ether oxygens (including phenoxy) is 2. The number of benzene rings is 1. The van der Waals surface area contributed by atoms with E-state index in [0.717, 1.165) is 73.9 Å². The highest BCUT2D eigenvalue weighted by molar-refractivity contribution is 5.76. The first-order valence-corrected chi connectivity index (χ1v) is 10.3. The molecule has 0 bridgehead atoms. The third-order valence-corrected chi connectivity index (χ3v) is 5.62. The molecule has 0 radical (unpaired) electrons. The highest BCUT2D eigenvalue weighted by Gasteiger charge is 2.23. The normalized spacial score (nSPS) is 16.9. The summed E-state index contributed by atoms with van der Waals surface area (Å²) in [6, 6.07) is 8.10. The van der Waals surface area contributed by atoms with Gasteiger partial charge in [-0.05, 0) is 37.0 Å². The number of aryl methyl sites for hydroxylation is 1. The molecule has 7 heteroatoms. The average molecular weight is 396 g/mol. The quantitative estimate of drug-likeness (QED) is 0.807. The van der Waals surface area contributed by atoms with Gasteiger partial charge in [-0.1, -0.05) is 12.1 Å². The Bertz CT molecular complexity index is 832. The second kappa shape index (κ2) is 9.22. The Balaban J connectivity index is 1.22. The molecule has 1 saturated heterocycles. The predicted octanol–water partition coefficient (Wildman–Crippen LogP) is 2.28. The maximum atomic E-state index is 12.3. The monoisotopic (exact) mass is 396 g/mol. The van der Waals surface area contributed by atoms with Crippen LogP contribution in [-0.4, -0.2) is 48.7 Å². The summed E-state index contributed by atoms with van der Waals surface area (Å²) in [4.78, 5) is 23.8. The summed E-state index contributed by atoms with van der Waals surface area (Å²) in [7, 11) is 1.65. The van der Waals surface area contributed by atoms with E-state index in [1.54, 1.807) is 7.11 Å². The number of nitrogens with one attached hydrogen (secondary N) is 1. The minimum Gasteiger partial charge on any atom is -0.497 e. The van der Waals surface area contributed by atoms with Gasteiger partial charge < -0.3 is 19.7 Å². The minimum absolute atomic E-state index is 0.115. The first kappa shape index (κ1) is 19.6. The van der Waals surface area contributed by atoms with Gasteiger partial charge in [-0.15, -0.1) is 0 Å². The molecule has 0 aliphatic carbocycles. The van der Waals surface area contributed by atoms with Gasteiger partial charge in [0.05, 0.1) is 26.0 Å². The number of hydrogen-bond donors (Lipinski definition) is 1. The second-order valence-corrected chi connectivity index (χ2v) is 7.62. The summed E-state index contributed by atoms with van der Waals surface area (Å²) in [6.45, 7) is 3.06. The van der Waals surface area contributed by atoms with Crippen molar-refractivity contribution in [2.75, 3.05) is 31.7 Å². The topological polar surface area (TPSA) is 76.6 Å². The molecule has 0 saturated carbocycles. The van der Waals surface area contributed by atoms with Crippen LogP contribution in [0.15, 0.2) is 30.5 Å². The van der Waals surface area contributed by atoms with Crippen LogP contribution in [0.5, 0.6) is 5.75 Å². The Kier molecular flexibility index (Phi) is 6.24. The molecule has 1 N–H and O–H groups in total. The number of amides is 1. The fourth-order valence-electron chi connectivity index (χ4n) is 3.85. The van der Waals surface area contributed by atoms with E-state index in [1.807, 2.05) is 30.5 Å². The van der Waals surface area contributed by atoms with Gasteiger partial charge in [0.1, 0.15) is 5.75 Å². The van der Waals surface area contributed by atoms with E-state index in [4.69, 9.17) is 14.5 Å². The van der Waals surface area contributed by atoms with Crippen LogP contribution in [0.2, 0.25) is 0 Å². The molecule has 7 nitrogen and oxygen atoms in total. The lowest BCUT2D eigenvalue weighted by Gasteiger charge is -2.33. The molecule has 0 unspecified atom stereocenters. The molecule has 1 amide bonds. The highest BCUT2D eigenvalue weighted by atomic mass is 16.5. The van der Waals surface area contributed by atoms with Crippen molar-refractivity contribution in [1.29, 1.82) is 0 Å². The lowest BCUT2D eigenvalue weighted by Crippen LogP contribution is -2.45. The molecule has 1 aromatic heterocycles. The number of fused-ring (bicyclic) bond motifs is 1. The Labute approximate surface area is 171 Å². The van der Waals surface area contributed by atoms with Crippen LogP contribution in [0.3, 0.4) is 0 Å². The Morgan fingerprint density at radius 1 is 1.28 bits per heavy atom. The van der Waals surface area contributed by atoms with Crippen molar-refractivity contribution in [2.24, 2.45) is 0 Å². The van der Waals surface area contributed by atoms with Gasteiger partial charge >= 0.3 is 0 Å². The Hall–Kier alpha value is -2.67. The highest BCUT2D eigenvalue weighted by Crippen LogP contribution is 2.20. The van der Waals surface area contributed by atoms with Crippen LogP contribution in [0.4, 0.5) is 5.95 Å². The zero-order valence-corrected chi connectivity index (χ0v) is 16.9. The van der Waals surface area contributed by atoms with Crippen LogP contribution in [-0.2, 0) is 29.0 Å². The van der Waals surface area contributed by atoms with Gasteiger partial charge in [-0.25, -0.2) is 9.97 Å². The molecular formula is C22H28N4O3. The van der Waals surface area contributed by atoms with Crippen LogP contribution < -0.4 is 15.0 Å². The molecule has 1 fully saturated rings. The summed E-state index contributed by atoms with van der Waals surface area (Å²) in [5.74, 6) is 1.75. The number of carbonyl (C=O) groups excluding carboxylic acids is 1. The van der Waals surface area contributed by atoms with Crippen molar-refractivity contribution < 1.29 is 14.3 Å². The lowest BCUT2D eigenvalue weighted by molar-refractivity contribution is -0.121. The first-order chi connectivity index (χ1) is 14.2. The fraction of sp³-hybridized carbons (Fsp3) is 0.500. The Morgan fingerprint density at radius 2 is 2.07 bits per heavy atom. The van der Waals surface area contributed by atoms with Crippen LogP contribution in [0.25, 0.3) is 0 Å². The van der Waals surface area contributed by atoms with E-state index in [9.17, 15) is 4.79 Å². The molecule has 2 aliphatic heterocycles.